The Balaban J connectivity index is 0.00000312. The van der Waals surface area contributed by atoms with Crippen LogP contribution in [-0.2, 0) is 17.1 Å². The topological polar surface area (TPSA) is 59.2 Å². The molecule has 0 unspecified atom stereocenters. The molecule has 2 N–H and O–H groups in total. The number of carbonyl (C=O) groups is 1. The van der Waals surface area contributed by atoms with Gasteiger partial charge in [-0.1, -0.05) is 36.4 Å². The minimum Gasteiger partial charge on any atom is -0.338 e. The molecule has 26 heavy (non-hydrogen) atoms. The molecule has 0 saturated carbocycles. The Bertz CT molecular complexity index is 602. The number of nitrogens with two attached hydrogens (primary N) is 1. The Morgan fingerprint density at radius 1 is 1.08 bits per heavy atom. The first-order chi connectivity index (χ1) is 11.8. The van der Waals surface area contributed by atoms with Gasteiger partial charge in [-0.2, -0.15) is 11.8 Å². The molecule has 0 aliphatic carbocycles. The number of rotatable bonds is 10. The molecule has 7 heteroatoms. The molecule has 0 atom stereocenters. The number of benzene rings is 1. The summed E-state index contributed by atoms with van der Waals surface area (Å²) in [5.41, 5.74) is 7.82. The van der Waals surface area contributed by atoms with Crippen LogP contribution in [0.1, 0.15) is 24.1 Å². The maximum Gasteiger partial charge on any atom is 0.223 e. The zero-order valence-corrected chi connectivity index (χ0v) is 17.2. The minimum atomic E-state index is 0. The van der Waals surface area contributed by atoms with Crippen molar-refractivity contribution in [2.24, 2.45) is 5.73 Å². The molecular weight excluding hydrogens is 389 g/mol. The SMILES string of the molecule is Cl.Cl.NCCCN(Cc1ccccc1)C(=O)CCSCc1ccccn1. The predicted octanol–water partition coefficient (Wildman–Crippen LogP) is 3.93. The van der Waals surface area contributed by atoms with Gasteiger partial charge in [-0.3, -0.25) is 9.78 Å². The summed E-state index contributed by atoms with van der Waals surface area (Å²) >= 11 is 1.75. The van der Waals surface area contributed by atoms with Crippen molar-refractivity contribution in [2.45, 2.75) is 25.1 Å². The smallest absolute Gasteiger partial charge is 0.223 e. The summed E-state index contributed by atoms with van der Waals surface area (Å²) in [6.45, 7) is 1.98. The molecule has 144 valence electrons. The number of hydrogen-bond donors (Lipinski definition) is 1. The van der Waals surface area contributed by atoms with Gasteiger partial charge < -0.3 is 10.6 Å². The number of carbonyl (C=O) groups excluding carboxylic acids is 1. The molecule has 2 aromatic rings. The summed E-state index contributed by atoms with van der Waals surface area (Å²) in [5.74, 6) is 1.85. The Hall–Kier alpha value is -1.27. The first-order valence-electron chi connectivity index (χ1n) is 8.29. The van der Waals surface area contributed by atoms with Crippen molar-refractivity contribution in [3.05, 3.63) is 66.0 Å². The molecule has 2 rings (SSSR count). The van der Waals surface area contributed by atoms with E-state index in [9.17, 15) is 4.79 Å². The van der Waals surface area contributed by atoms with Crippen LogP contribution in [-0.4, -0.2) is 34.6 Å². The second-order valence-corrected chi connectivity index (χ2v) is 6.67. The van der Waals surface area contributed by atoms with Crippen molar-refractivity contribution in [3.8, 4) is 0 Å². The Kier molecular flexibility index (Phi) is 14.1. The van der Waals surface area contributed by atoms with Crippen molar-refractivity contribution in [1.29, 1.82) is 0 Å². The van der Waals surface area contributed by atoms with Gasteiger partial charge in [-0.25, -0.2) is 0 Å². The van der Waals surface area contributed by atoms with Crippen LogP contribution in [0.25, 0.3) is 0 Å². The van der Waals surface area contributed by atoms with E-state index in [-0.39, 0.29) is 30.7 Å². The number of pyridine rings is 1. The molecule has 0 bridgehead atoms. The molecule has 4 nitrogen and oxygen atoms in total. The van der Waals surface area contributed by atoms with Crippen LogP contribution in [0.2, 0.25) is 0 Å². The van der Waals surface area contributed by atoms with Crippen molar-refractivity contribution in [3.63, 3.8) is 0 Å². The third kappa shape index (κ3) is 9.43. The average molecular weight is 416 g/mol. The minimum absolute atomic E-state index is 0. The van der Waals surface area contributed by atoms with Crippen LogP contribution in [0, 0.1) is 0 Å². The van der Waals surface area contributed by atoms with Gasteiger partial charge in [0.1, 0.15) is 0 Å². The lowest BCUT2D eigenvalue weighted by molar-refractivity contribution is -0.131. The molecule has 1 amide bonds. The highest BCUT2D eigenvalue weighted by atomic mass is 35.5. The van der Waals surface area contributed by atoms with E-state index in [1.807, 2.05) is 41.3 Å². The molecule has 1 aromatic carbocycles. The normalized spacial score (nSPS) is 9.73. The average Bonchev–Trinajstić information content (AvgIpc) is 2.64. The van der Waals surface area contributed by atoms with Crippen LogP contribution in [0.15, 0.2) is 54.7 Å². The summed E-state index contributed by atoms with van der Waals surface area (Å²) in [6.07, 6.45) is 3.18. The monoisotopic (exact) mass is 415 g/mol. The summed E-state index contributed by atoms with van der Waals surface area (Å²) in [6, 6.07) is 16.0. The third-order valence-corrected chi connectivity index (χ3v) is 4.63. The first kappa shape index (κ1) is 24.7. The van der Waals surface area contributed by atoms with Gasteiger partial charge in [0, 0.05) is 37.2 Å². The standard InChI is InChI=1S/C19H25N3OS.2ClH/c20-11-6-13-22(15-17-7-2-1-3-8-17)19(23)10-14-24-16-18-9-4-5-12-21-18;;/h1-5,7-9,12H,6,10-11,13-16,20H2;2*1H. The Labute approximate surface area is 172 Å². The highest BCUT2D eigenvalue weighted by Crippen LogP contribution is 2.13. The quantitative estimate of drug-likeness (QED) is 0.597. The molecular formula is C19H27Cl2N3OS. The van der Waals surface area contributed by atoms with Gasteiger partial charge in [-0.05, 0) is 30.7 Å². The third-order valence-electron chi connectivity index (χ3n) is 3.64. The van der Waals surface area contributed by atoms with Crippen LogP contribution in [0.5, 0.6) is 0 Å². The van der Waals surface area contributed by atoms with E-state index in [0.29, 0.717) is 19.5 Å². The summed E-state index contributed by atoms with van der Waals surface area (Å²) < 4.78 is 0. The van der Waals surface area contributed by atoms with E-state index < -0.39 is 0 Å². The summed E-state index contributed by atoms with van der Waals surface area (Å²) in [7, 11) is 0. The fourth-order valence-corrected chi connectivity index (χ4v) is 3.20. The fraction of sp³-hybridized carbons (Fsp3) is 0.368. The van der Waals surface area contributed by atoms with Gasteiger partial charge >= 0.3 is 0 Å². The van der Waals surface area contributed by atoms with E-state index in [1.165, 1.54) is 0 Å². The zero-order chi connectivity index (χ0) is 17.0. The summed E-state index contributed by atoms with van der Waals surface area (Å²) in [5, 5.41) is 0. The fourth-order valence-electron chi connectivity index (χ4n) is 2.36. The van der Waals surface area contributed by atoms with Crippen LogP contribution in [0.3, 0.4) is 0 Å². The number of hydrogen-bond acceptors (Lipinski definition) is 4. The van der Waals surface area contributed by atoms with Gasteiger partial charge in [0.15, 0.2) is 0 Å². The van der Waals surface area contributed by atoms with Crippen molar-refractivity contribution >= 4 is 42.5 Å². The van der Waals surface area contributed by atoms with Crippen LogP contribution >= 0.6 is 36.6 Å². The highest BCUT2D eigenvalue weighted by Gasteiger charge is 2.13. The van der Waals surface area contributed by atoms with Gasteiger partial charge in [0.05, 0.1) is 5.69 Å². The molecule has 0 aliphatic rings. The van der Waals surface area contributed by atoms with Crippen molar-refractivity contribution in [1.82, 2.24) is 9.88 Å². The number of amides is 1. The van der Waals surface area contributed by atoms with Crippen LogP contribution < -0.4 is 5.73 Å². The number of aromatic nitrogens is 1. The van der Waals surface area contributed by atoms with E-state index >= 15 is 0 Å². The van der Waals surface area contributed by atoms with E-state index in [2.05, 4.69) is 17.1 Å². The van der Waals surface area contributed by atoms with Crippen molar-refractivity contribution in [2.75, 3.05) is 18.8 Å². The maximum atomic E-state index is 12.5. The molecule has 0 spiro atoms. The van der Waals surface area contributed by atoms with Gasteiger partial charge in [0.25, 0.3) is 0 Å². The Morgan fingerprint density at radius 2 is 1.81 bits per heavy atom. The van der Waals surface area contributed by atoms with Crippen molar-refractivity contribution < 1.29 is 4.79 Å². The first-order valence-corrected chi connectivity index (χ1v) is 9.44. The largest absolute Gasteiger partial charge is 0.338 e. The van der Waals surface area contributed by atoms with Gasteiger partial charge in [-0.15, -0.1) is 24.8 Å². The maximum absolute atomic E-state index is 12.5. The molecule has 1 aromatic heterocycles. The second kappa shape index (κ2) is 14.9. The highest BCUT2D eigenvalue weighted by molar-refractivity contribution is 7.98. The number of thioether (sulfide) groups is 1. The number of halogens is 2. The van der Waals surface area contributed by atoms with E-state index in [1.54, 1.807) is 18.0 Å². The molecule has 0 fully saturated rings. The lowest BCUT2D eigenvalue weighted by atomic mass is 10.2. The zero-order valence-electron chi connectivity index (χ0n) is 14.8. The predicted molar refractivity (Wildman–Crippen MR) is 115 cm³/mol. The summed E-state index contributed by atoms with van der Waals surface area (Å²) in [4.78, 5) is 18.7. The molecule has 0 aliphatic heterocycles. The van der Waals surface area contributed by atoms with Crippen LogP contribution in [0.4, 0.5) is 0 Å². The van der Waals surface area contributed by atoms with E-state index in [4.69, 9.17) is 5.73 Å². The Morgan fingerprint density at radius 3 is 2.46 bits per heavy atom. The van der Waals surface area contributed by atoms with E-state index in [0.717, 1.165) is 35.7 Å². The lowest BCUT2D eigenvalue weighted by Gasteiger charge is -2.22. The lowest BCUT2D eigenvalue weighted by Crippen LogP contribution is -2.32. The molecule has 1 heterocycles. The number of nitrogens with zero attached hydrogens (tertiary/aromatic N) is 2. The van der Waals surface area contributed by atoms with Gasteiger partial charge in [0.2, 0.25) is 5.91 Å². The molecule has 0 saturated heterocycles. The second-order valence-electron chi connectivity index (χ2n) is 5.57. The molecule has 0 radical (unpaired) electrons.